The van der Waals surface area contributed by atoms with Crippen molar-refractivity contribution in [2.75, 3.05) is 12.4 Å². The summed E-state index contributed by atoms with van der Waals surface area (Å²) < 4.78 is 33.7. The number of methoxy groups -OCH3 is 1. The Labute approximate surface area is 157 Å². The van der Waals surface area contributed by atoms with E-state index in [1.54, 1.807) is 48.8 Å². The largest absolute Gasteiger partial charge is 0.573 e. The van der Waals surface area contributed by atoms with E-state index in [0.717, 1.165) is 0 Å². The highest BCUT2D eigenvalue weighted by molar-refractivity contribution is 7.94. The Morgan fingerprint density at radius 2 is 1.74 bits per heavy atom. The molecule has 0 spiro atoms. The highest BCUT2D eigenvalue weighted by Crippen LogP contribution is 2.29. The van der Waals surface area contributed by atoms with Crippen molar-refractivity contribution in [1.29, 1.82) is 0 Å². The van der Waals surface area contributed by atoms with Gasteiger partial charge in [0.25, 0.3) is 5.91 Å². The molecular weight excluding hydrogens is 366 g/mol. The molecule has 1 amide bonds. The number of hydrogen-bond donors (Lipinski definition) is 1. The number of amides is 1. The normalized spacial score (nSPS) is 10.9. The van der Waals surface area contributed by atoms with Crippen molar-refractivity contribution in [2.45, 2.75) is 4.90 Å². The van der Waals surface area contributed by atoms with Crippen LogP contribution in [-0.4, -0.2) is 21.4 Å². The van der Waals surface area contributed by atoms with Crippen LogP contribution >= 0.6 is 0 Å². The first-order valence-electron chi connectivity index (χ1n) is 7.97. The molecule has 0 unspecified atom stereocenters. The second-order valence-electron chi connectivity index (χ2n) is 5.54. The third kappa shape index (κ3) is 4.62. The lowest BCUT2D eigenvalue weighted by molar-refractivity contribution is -0.377. The van der Waals surface area contributed by atoms with Gasteiger partial charge in [-0.3, -0.25) is 4.79 Å². The van der Waals surface area contributed by atoms with Gasteiger partial charge in [-0.05, 0) is 42.5 Å². The zero-order valence-corrected chi connectivity index (χ0v) is 15.2. The van der Waals surface area contributed by atoms with Crippen molar-refractivity contribution in [3.05, 3.63) is 83.3 Å². The second-order valence-corrected chi connectivity index (χ2v) is 7.14. The lowest BCUT2D eigenvalue weighted by Gasteiger charge is -2.22. The van der Waals surface area contributed by atoms with Crippen LogP contribution in [0.2, 0.25) is 0 Å². The van der Waals surface area contributed by atoms with Crippen LogP contribution in [0.1, 0.15) is 10.4 Å². The van der Waals surface area contributed by atoms with Crippen LogP contribution in [-0.2, 0) is 10.0 Å². The van der Waals surface area contributed by atoms with Gasteiger partial charge in [-0.2, -0.15) is 0 Å². The molecule has 3 rings (SSSR count). The lowest BCUT2D eigenvalue weighted by Crippen LogP contribution is -2.14. The summed E-state index contributed by atoms with van der Waals surface area (Å²) in [7, 11) is -2.36. The molecule has 27 heavy (non-hydrogen) atoms. The maximum atomic E-state index is 12.4. The van der Waals surface area contributed by atoms with E-state index in [9.17, 15) is 13.2 Å². The number of sulfonamides is 1. The van der Waals surface area contributed by atoms with Crippen LogP contribution in [0.3, 0.4) is 0 Å². The molecule has 138 valence electrons. The molecule has 1 aromatic heterocycles. The molecule has 0 saturated carbocycles. The molecule has 0 radical (unpaired) electrons. The van der Waals surface area contributed by atoms with Crippen LogP contribution in [0.4, 0.5) is 11.4 Å². The average Bonchev–Trinajstić information content (AvgIpc) is 2.69. The quantitative estimate of drug-likeness (QED) is 0.706. The fraction of sp³-hybridized carbons (Fsp3) is 0.0526. The molecule has 0 bridgehead atoms. The van der Waals surface area contributed by atoms with E-state index in [4.69, 9.17) is 4.74 Å². The standard InChI is InChI=1S/C19H16N3O4S/c1-26-17-8-6-15(7-9-17)22-27(24,25)18-10-4-14(5-11-18)19(23)21-16-3-2-12-20-13-16/h2-13H,1H3,(H,21,23)/q-1/p+1. The van der Waals surface area contributed by atoms with E-state index in [0.29, 0.717) is 17.0 Å². The number of nitrogens with one attached hydrogen (secondary N) is 2. The molecule has 0 fully saturated rings. The summed E-state index contributed by atoms with van der Waals surface area (Å²) in [5, 5.41) is 2.71. The van der Waals surface area contributed by atoms with Gasteiger partial charge in [0.05, 0.1) is 12.0 Å². The second kappa shape index (κ2) is 7.88. The molecule has 0 atom stereocenters. The number of nitrogens with zero attached hydrogens (tertiary/aromatic N) is 1. The molecule has 0 aliphatic carbocycles. The summed E-state index contributed by atoms with van der Waals surface area (Å²) in [4.78, 5) is 15.1. The summed E-state index contributed by atoms with van der Waals surface area (Å²) in [5.41, 5.74) is 1.23. The number of H-pyrrole nitrogens is 1. The Balaban J connectivity index is 1.72. The van der Waals surface area contributed by atoms with Gasteiger partial charge in [0.15, 0.2) is 12.4 Å². The van der Waals surface area contributed by atoms with E-state index in [-0.39, 0.29) is 16.5 Å². The molecule has 0 saturated heterocycles. The number of benzene rings is 2. The summed E-state index contributed by atoms with van der Waals surface area (Å²) in [6.45, 7) is 0. The van der Waals surface area contributed by atoms with Crippen LogP contribution in [0.5, 0.6) is 5.75 Å². The molecule has 8 heteroatoms. The summed E-state index contributed by atoms with van der Waals surface area (Å²) in [6.07, 6.45) is 3.37. The van der Waals surface area contributed by atoms with Crippen molar-refractivity contribution in [1.82, 2.24) is 0 Å². The number of aromatic amines is 1. The van der Waals surface area contributed by atoms with Crippen molar-refractivity contribution in [3.63, 3.8) is 0 Å². The Morgan fingerprint density at radius 3 is 2.33 bits per heavy atom. The van der Waals surface area contributed by atoms with Gasteiger partial charge in [-0.25, -0.2) is 13.4 Å². The molecule has 3 aromatic rings. The number of pyridine rings is 1. The minimum Gasteiger partial charge on any atom is -0.573 e. The first-order chi connectivity index (χ1) is 13.0. The number of carbonyl (C=O) groups excluding carboxylic acids is 1. The highest BCUT2D eigenvalue weighted by atomic mass is 32.2. The van der Waals surface area contributed by atoms with Crippen molar-refractivity contribution >= 4 is 27.3 Å². The van der Waals surface area contributed by atoms with E-state index in [1.165, 1.54) is 31.4 Å². The minimum absolute atomic E-state index is 0.00270. The number of aromatic nitrogens is 1. The van der Waals surface area contributed by atoms with Gasteiger partial charge >= 0.3 is 0 Å². The van der Waals surface area contributed by atoms with Gasteiger partial charge in [0, 0.05) is 11.6 Å². The van der Waals surface area contributed by atoms with Gasteiger partial charge in [0.2, 0.25) is 0 Å². The Morgan fingerprint density at radius 1 is 1.04 bits per heavy atom. The molecule has 2 N–H and O–H groups in total. The molecule has 1 heterocycles. The van der Waals surface area contributed by atoms with Crippen molar-refractivity contribution in [2.24, 2.45) is 0 Å². The van der Waals surface area contributed by atoms with Crippen molar-refractivity contribution in [3.8, 4) is 5.75 Å². The van der Waals surface area contributed by atoms with Gasteiger partial charge in [0.1, 0.15) is 21.5 Å². The van der Waals surface area contributed by atoms with Crippen LogP contribution in [0, 0.1) is 0 Å². The molecule has 0 aliphatic heterocycles. The maximum absolute atomic E-state index is 12.4. The Bertz CT molecular complexity index is 1020. The van der Waals surface area contributed by atoms with E-state index >= 15 is 0 Å². The zero-order chi connectivity index (χ0) is 19.3. The smallest absolute Gasteiger partial charge is 0.255 e. The molecule has 2 aromatic carbocycles. The number of anilines is 1. The average molecular weight is 383 g/mol. The predicted octanol–water partition coefficient (Wildman–Crippen LogP) is 3.16. The molecule has 0 aliphatic rings. The summed E-state index contributed by atoms with van der Waals surface area (Å²) in [5.74, 6) is 0.267. The molecular formula is C19H17N3O4S. The van der Waals surface area contributed by atoms with Crippen molar-refractivity contribution < 1.29 is 22.9 Å². The number of hydrogen-bond acceptors (Lipinski definition) is 4. The van der Waals surface area contributed by atoms with Gasteiger partial charge in [-0.15, -0.1) is 5.69 Å². The first kappa shape index (κ1) is 18.4. The lowest BCUT2D eigenvalue weighted by atomic mass is 10.2. The van der Waals surface area contributed by atoms with E-state index in [2.05, 4.69) is 15.0 Å². The topological polar surface area (TPSA) is 101 Å². The number of carbonyl (C=O) groups is 1. The molecule has 7 nitrogen and oxygen atoms in total. The fourth-order valence-corrected chi connectivity index (χ4v) is 3.27. The number of ether oxygens (including phenoxy) is 1. The maximum Gasteiger partial charge on any atom is 0.255 e. The summed E-state index contributed by atoms with van der Waals surface area (Å²) in [6, 6.07) is 15.4. The predicted molar refractivity (Wildman–Crippen MR) is 101 cm³/mol. The van der Waals surface area contributed by atoms with E-state index < -0.39 is 10.0 Å². The third-order valence-corrected chi connectivity index (χ3v) is 5.00. The minimum atomic E-state index is -3.89. The van der Waals surface area contributed by atoms with Gasteiger partial charge < -0.3 is 14.8 Å². The monoisotopic (exact) mass is 383 g/mol. The highest BCUT2D eigenvalue weighted by Gasteiger charge is 2.10. The SMILES string of the molecule is COc1ccc([N-]S(=O)(=O)c2ccc(C(=O)Nc3ccc[nH+]c3)cc2)cc1. The summed E-state index contributed by atoms with van der Waals surface area (Å²) >= 11 is 0. The Kier molecular flexibility index (Phi) is 5.37. The Hall–Kier alpha value is -3.39. The third-order valence-electron chi connectivity index (χ3n) is 3.68. The van der Waals surface area contributed by atoms with Crippen LogP contribution < -0.4 is 15.0 Å². The van der Waals surface area contributed by atoms with Crippen LogP contribution in [0.25, 0.3) is 4.72 Å². The zero-order valence-electron chi connectivity index (χ0n) is 14.4. The van der Waals surface area contributed by atoms with E-state index in [1.807, 2.05) is 0 Å². The van der Waals surface area contributed by atoms with Gasteiger partial charge in [-0.1, -0.05) is 12.1 Å². The number of rotatable bonds is 6. The van der Waals surface area contributed by atoms with Crippen LogP contribution in [0.15, 0.2) is 78.0 Å². The first-order valence-corrected chi connectivity index (χ1v) is 9.41. The fourth-order valence-electron chi connectivity index (χ4n) is 2.29.